The van der Waals surface area contributed by atoms with Gasteiger partial charge in [-0.25, -0.2) is 0 Å². The zero-order valence-electron chi connectivity index (χ0n) is 2.63. The predicted octanol–water partition coefficient (Wildman–Crippen LogP) is -0.352. The Balaban J connectivity index is 0. The van der Waals surface area contributed by atoms with Crippen molar-refractivity contribution in [3.63, 3.8) is 0 Å². The van der Waals surface area contributed by atoms with Gasteiger partial charge in [-0.2, -0.15) is 0 Å². The second-order valence-corrected chi connectivity index (χ2v) is 1.20. The van der Waals surface area contributed by atoms with E-state index in [-0.39, 0.29) is 4.70 Å². The molecule has 0 aromatic heterocycles. The van der Waals surface area contributed by atoms with Crippen LogP contribution in [0.4, 0.5) is 4.70 Å². The topological polar surface area (TPSA) is 40.1 Å². The van der Waals surface area contributed by atoms with Gasteiger partial charge in [0, 0.05) is 0 Å². The standard InChI is InChI=1S/CH4O2S.FH/c1-4(2)3;/h1H3,(H,2,3);1H/p-1. The van der Waals surface area contributed by atoms with E-state index in [4.69, 9.17) is 8.76 Å². The second-order valence-electron chi connectivity index (χ2n) is 0.401. The van der Waals surface area contributed by atoms with Crippen LogP contribution in [0.1, 0.15) is 0 Å². The highest BCUT2D eigenvalue weighted by Crippen LogP contribution is 1.45. The van der Waals surface area contributed by atoms with Crippen molar-refractivity contribution in [3.05, 3.63) is 0 Å². The lowest BCUT2D eigenvalue weighted by molar-refractivity contribution is 0.543. The molecule has 0 aromatic carbocycles. The third kappa shape index (κ3) is 10500. The predicted molar refractivity (Wildman–Crippen MR) is 17.3 cm³/mol. The van der Waals surface area contributed by atoms with Crippen LogP contribution >= 0.6 is 0 Å². The van der Waals surface area contributed by atoms with E-state index in [1.165, 1.54) is 0 Å². The summed E-state index contributed by atoms with van der Waals surface area (Å²) in [5, 5.41) is 0. The molecule has 0 saturated carbocycles. The van der Waals surface area contributed by atoms with Crippen LogP contribution < -0.4 is 0 Å². The number of hydrogen-bond donors (Lipinski definition) is 0. The van der Waals surface area contributed by atoms with Crippen molar-refractivity contribution in [1.29, 1.82) is 0 Å². The average molecular weight is 99.1 g/mol. The normalized spacial score (nSPS) is 12.4. The van der Waals surface area contributed by atoms with Crippen molar-refractivity contribution in [1.82, 2.24) is 0 Å². The van der Waals surface area contributed by atoms with Gasteiger partial charge in [-0.15, -0.1) is 0 Å². The SMILES string of the molecule is CS(=O)[O-].F. The molecule has 1 unspecified atom stereocenters. The molecule has 0 saturated heterocycles. The summed E-state index contributed by atoms with van der Waals surface area (Å²) in [6, 6.07) is 0. The molecule has 0 N–H and O–H groups in total. The lowest BCUT2D eigenvalue weighted by Gasteiger charge is -1.85. The molecule has 1 atom stereocenters. The Labute approximate surface area is 31.8 Å². The fraction of sp³-hybridized carbons (Fsp3) is 1.00. The van der Waals surface area contributed by atoms with E-state index in [0.29, 0.717) is 0 Å². The van der Waals surface area contributed by atoms with Crippen LogP contribution in [0.3, 0.4) is 0 Å². The van der Waals surface area contributed by atoms with Crippen molar-refractivity contribution >= 4 is 11.1 Å². The van der Waals surface area contributed by atoms with Gasteiger partial charge in [0.25, 0.3) is 0 Å². The molecule has 0 fully saturated rings. The molecule has 0 aliphatic heterocycles. The van der Waals surface area contributed by atoms with E-state index in [2.05, 4.69) is 0 Å². The largest absolute Gasteiger partial charge is 0.773 e. The monoisotopic (exact) mass is 99.0 g/mol. The van der Waals surface area contributed by atoms with Gasteiger partial charge < -0.3 is 4.55 Å². The van der Waals surface area contributed by atoms with Crippen LogP contribution in [0.15, 0.2) is 0 Å². The Bertz CT molecular complexity index is 32.6. The molecule has 0 heterocycles. The zero-order chi connectivity index (χ0) is 3.58. The minimum absolute atomic E-state index is 0. The van der Waals surface area contributed by atoms with Crippen LogP contribution in [-0.4, -0.2) is 15.0 Å². The molecular weight excluding hydrogens is 95.1 g/mol. The fourth-order valence-corrected chi connectivity index (χ4v) is 0. The molecule has 0 rings (SSSR count). The minimum atomic E-state index is -1.86. The first-order valence-corrected chi connectivity index (χ1v) is 2.22. The van der Waals surface area contributed by atoms with Gasteiger partial charge in [-0.05, 0) is 6.26 Å². The second kappa shape index (κ2) is 4.04. The van der Waals surface area contributed by atoms with Crippen molar-refractivity contribution in [2.45, 2.75) is 0 Å². The number of rotatable bonds is 0. The first-order chi connectivity index (χ1) is 1.73. The molecule has 0 spiro atoms. The highest BCUT2D eigenvalue weighted by atomic mass is 32.2. The Morgan fingerprint density at radius 1 is 1.80 bits per heavy atom. The van der Waals surface area contributed by atoms with Crippen LogP contribution in [-0.2, 0) is 11.1 Å². The van der Waals surface area contributed by atoms with Crippen molar-refractivity contribution in [2.24, 2.45) is 0 Å². The summed E-state index contributed by atoms with van der Waals surface area (Å²) >= 11 is -1.86. The van der Waals surface area contributed by atoms with E-state index in [1.807, 2.05) is 0 Å². The first-order valence-electron chi connectivity index (χ1n) is 0.742. The highest BCUT2D eigenvalue weighted by Gasteiger charge is 1.41. The summed E-state index contributed by atoms with van der Waals surface area (Å²) in [7, 11) is 0. The summed E-state index contributed by atoms with van der Waals surface area (Å²) in [5.74, 6) is 0. The molecule has 0 amide bonds. The molecule has 0 bridgehead atoms. The summed E-state index contributed by atoms with van der Waals surface area (Å²) in [6.45, 7) is 0. The van der Waals surface area contributed by atoms with E-state index < -0.39 is 11.1 Å². The third-order valence-corrected chi connectivity index (χ3v) is 0. The molecule has 2 nitrogen and oxygen atoms in total. The van der Waals surface area contributed by atoms with Crippen molar-refractivity contribution < 1.29 is 13.5 Å². The average Bonchev–Trinajstić information content (AvgIpc) is 0.811. The van der Waals surface area contributed by atoms with E-state index >= 15 is 0 Å². The van der Waals surface area contributed by atoms with Crippen LogP contribution in [0.5, 0.6) is 0 Å². The van der Waals surface area contributed by atoms with Gasteiger partial charge in [0.2, 0.25) is 0 Å². The molecule has 5 heavy (non-hydrogen) atoms. The smallest absolute Gasteiger partial charge is 0.00142 e. The Morgan fingerprint density at radius 3 is 1.80 bits per heavy atom. The zero-order valence-corrected chi connectivity index (χ0v) is 3.45. The van der Waals surface area contributed by atoms with Gasteiger partial charge >= 0.3 is 0 Å². The van der Waals surface area contributed by atoms with Crippen molar-refractivity contribution in [2.75, 3.05) is 6.26 Å². The summed E-state index contributed by atoms with van der Waals surface area (Å²) < 4.78 is 18.0. The highest BCUT2D eigenvalue weighted by molar-refractivity contribution is 7.78. The summed E-state index contributed by atoms with van der Waals surface area (Å²) in [4.78, 5) is 0. The quantitative estimate of drug-likeness (QED) is 0.389. The van der Waals surface area contributed by atoms with Gasteiger partial charge in [-0.3, -0.25) is 8.91 Å². The molecule has 0 aromatic rings. The maximum absolute atomic E-state index is 9.00. The molecule has 0 radical (unpaired) electrons. The molecular formula is CH4FO2S-. The third-order valence-electron chi connectivity index (χ3n) is 0. The number of hydrogen-bond acceptors (Lipinski definition) is 2. The fourth-order valence-electron chi connectivity index (χ4n) is 0. The van der Waals surface area contributed by atoms with Gasteiger partial charge in [0.15, 0.2) is 0 Å². The van der Waals surface area contributed by atoms with Gasteiger partial charge in [-0.1, -0.05) is 11.1 Å². The van der Waals surface area contributed by atoms with Crippen LogP contribution in [0, 0.1) is 0 Å². The molecule has 4 heteroatoms. The van der Waals surface area contributed by atoms with Gasteiger partial charge in [0.05, 0.1) is 0 Å². The van der Waals surface area contributed by atoms with Crippen LogP contribution in [0.25, 0.3) is 0 Å². The number of halogens is 1. The summed E-state index contributed by atoms with van der Waals surface area (Å²) in [5.41, 5.74) is 0. The summed E-state index contributed by atoms with van der Waals surface area (Å²) in [6.07, 6.45) is 1.08. The van der Waals surface area contributed by atoms with E-state index in [0.717, 1.165) is 6.26 Å². The Kier molecular flexibility index (Phi) is 7.19. The minimum Gasteiger partial charge on any atom is -0.773 e. The van der Waals surface area contributed by atoms with Gasteiger partial charge in [0.1, 0.15) is 0 Å². The first kappa shape index (κ1) is 8.90. The van der Waals surface area contributed by atoms with E-state index in [9.17, 15) is 0 Å². The molecule has 0 aliphatic rings. The van der Waals surface area contributed by atoms with Crippen LogP contribution in [0.2, 0.25) is 0 Å². The lowest BCUT2D eigenvalue weighted by Crippen LogP contribution is -1.73. The lowest BCUT2D eigenvalue weighted by atomic mass is 12.0. The maximum Gasteiger partial charge on any atom is -0.00142 e. The van der Waals surface area contributed by atoms with Crippen molar-refractivity contribution in [3.8, 4) is 0 Å². The Morgan fingerprint density at radius 2 is 1.80 bits per heavy atom. The maximum atomic E-state index is 9.00. The Hall–Kier alpha value is 0.0400. The van der Waals surface area contributed by atoms with E-state index in [1.54, 1.807) is 0 Å². The molecule has 0 aliphatic carbocycles. The molecule has 34 valence electrons.